The fourth-order valence-electron chi connectivity index (χ4n) is 2.66. The van der Waals surface area contributed by atoms with Crippen molar-refractivity contribution in [3.63, 3.8) is 0 Å². The van der Waals surface area contributed by atoms with E-state index < -0.39 is 0 Å². The van der Waals surface area contributed by atoms with Crippen molar-refractivity contribution in [1.29, 1.82) is 0 Å². The number of hydrogen-bond acceptors (Lipinski definition) is 3. The molecule has 1 aromatic carbocycles. The lowest BCUT2D eigenvalue weighted by molar-refractivity contribution is 0.0945. The molecule has 1 aromatic heterocycles. The van der Waals surface area contributed by atoms with Gasteiger partial charge in [-0.15, -0.1) is 0 Å². The first-order valence-electron chi connectivity index (χ1n) is 7.45. The van der Waals surface area contributed by atoms with Crippen molar-refractivity contribution in [2.45, 2.75) is 19.3 Å². The lowest BCUT2D eigenvalue weighted by atomic mass is 10.0. The first-order chi connectivity index (χ1) is 10.6. The van der Waals surface area contributed by atoms with Crippen molar-refractivity contribution in [2.75, 3.05) is 6.54 Å². The molecule has 1 amide bonds. The van der Waals surface area contributed by atoms with Crippen molar-refractivity contribution < 1.29 is 9.59 Å². The zero-order chi connectivity index (χ0) is 15.5. The summed E-state index contributed by atoms with van der Waals surface area (Å²) in [7, 11) is 0. The number of nitrogens with zero attached hydrogens (tertiary/aromatic N) is 1. The topological polar surface area (TPSA) is 59.1 Å². The SMILES string of the molecule is CC(=O)c1ccc([C@H]2C[C@H]2CNC(=O)c2ccccn2)cc1. The third-order valence-electron chi connectivity index (χ3n) is 4.09. The smallest absolute Gasteiger partial charge is 0.269 e. The number of Topliss-reactive ketones (excluding diaryl/α,β-unsaturated/α-hetero) is 1. The summed E-state index contributed by atoms with van der Waals surface area (Å²) in [6.07, 6.45) is 2.69. The van der Waals surface area contributed by atoms with E-state index in [1.807, 2.05) is 24.3 Å². The molecule has 0 bridgehead atoms. The molecule has 0 saturated heterocycles. The van der Waals surface area contributed by atoms with Gasteiger partial charge >= 0.3 is 0 Å². The van der Waals surface area contributed by atoms with E-state index in [0.29, 0.717) is 24.1 Å². The molecule has 22 heavy (non-hydrogen) atoms. The lowest BCUT2D eigenvalue weighted by Crippen LogP contribution is -2.26. The first kappa shape index (κ1) is 14.4. The lowest BCUT2D eigenvalue weighted by Gasteiger charge is -2.05. The van der Waals surface area contributed by atoms with E-state index >= 15 is 0 Å². The molecule has 4 heteroatoms. The molecule has 0 aliphatic heterocycles. The molecular weight excluding hydrogens is 276 g/mol. The summed E-state index contributed by atoms with van der Waals surface area (Å²) in [5, 5.41) is 2.93. The van der Waals surface area contributed by atoms with Gasteiger partial charge in [-0.25, -0.2) is 0 Å². The van der Waals surface area contributed by atoms with Crippen molar-refractivity contribution in [3.8, 4) is 0 Å². The quantitative estimate of drug-likeness (QED) is 0.863. The number of carbonyl (C=O) groups is 2. The van der Waals surface area contributed by atoms with E-state index in [4.69, 9.17) is 0 Å². The fraction of sp³-hybridized carbons (Fsp3) is 0.278. The number of rotatable bonds is 5. The van der Waals surface area contributed by atoms with E-state index in [2.05, 4.69) is 10.3 Å². The molecule has 112 valence electrons. The van der Waals surface area contributed by atoms with Crippen LogP contribution < -0.4 is 5.32 Å². The maximum atomic E-state index is 11.9. The number of benzene rings is 1. The Bertz CT molecular complexity index is 680. The average molecular weight is 294 g/mol. The van der Waals surface area contributed by atoms with Crippen LogP contribution in [0.15, 0.2) is 48.7 Å². The van der Waals surface area contributed by atoms with Gasteiger partial charge in [-0.2, -0.15) is 0 Å². The van der Waals surface area contributed by atoms with Gasteiger partial charge in [0.1, 0.15) is 5.69 Å². The average Bonchev–Trinajstić information content (AvgIpc) is 3.33. The maximum Gasteiger partial charge on any atom is 0.269 e. The van der Waals surface area contributed by atoms with Gasteiger partial charge in [0, 0.05) is 18.3 Å². The number of hydrogen-bond donors (Lipinski definition) is 1. The molecule has 0 radical (unpaired) electrons. The molecule has 1 aliphatic carbocycles. The molecule has 2 atom stereocenters. The number of nitrogens with one attached hydrogen (secondary N) is 1. The summed E-state index contributed by atoms with van der Waals surface area (Å²) in [5.74, 6) is 0.903. The first-order valence-corrected chi connectivity index (χ1v) is 7.45. The van der Waals surface area contributed by atoms with Crippen molar-refractivity contribution >= 4 is 11.7 Å². The predicted octanol–water partition coefficient (Wildman–Crippen LogP) is 2.82. The number of aromatic nitrogens is 1. The van der Waals surface area contributed by atoms with Crippen LogP contribution in [0.25, 0.3) is 0 Å². The third-order valence-corrected chi connectivity index (χ3v) is 4.09. The zero-order valence-electron chi connectivity index (χ0n) is 12.5. The Morgan fingerprint density at radius 1 is 1.18 bits per heavy atom. The molecule has 0 spiro atoms. The highest BCUT2D eigenvalue weighted by Gasteiger charge is 2.38. The minimum atomic E-state index is -0.127. The largest absolute Gasteiger partial charge is 0.350 e. The van der Waals surface area contributed by atoms with Crippen LogP contribution in [-0.4, -0.2) is 23.2 Å². The molecule has 2 aromatic rings. The Kier molecular flexibility index (Phi) is 4.00. The Balaban J connectivity index is 1.52. The van der Waals surface area contributed by atoms with E-state index in [9.17, 15) is 9.59 Å². The Hall–Kier alpha value is -2.49. The van der Waals surface area contributed by atoms with Gasteiger partial charge in [-0.3, -0.25) is 14.6 Å². The summed E-state index contributed by atoms with van der Waals surface area (Å²) in [5.41, 5.74) is 2.43. The molecule has 1 saturated carbocycles. The van der Waals surface area contributed by atoms with Crippen LogP contribution in [0.2, 0.25) is 0 Å². The normalized spacial score (nSPS) is 19.5. The van der Waals surface area contributed by atoms with Gasteiger partial charge in [-0.1, -0.05) is 30.3 Å². The molecule has 3 rings (SSSR count). The second-order valence-electron chi connectivity index (χ2n) is 5.71. The van der Waals surface area contributed by atoms with Gasteiger partial charge in [0.15, 0.2) is 5.78 Å². The number of carbonyl (C=O) groups excluding carboxylic acids is 2. The second kappa shape index (κ2) is 6.10. The monoisotopic (exact) mass is 294 g/mol. The second-order valence-corrected chi connectivity index (χ2v) is 5.71. The van der Waals surface area contributed by atoms with Crippen molar-refractivity contribution in [2.24, 2.45) is 5.92 Å². The van der Waals surface area contributed by atoms with E-state index in [0.717, 1.165) is 12.0 Å². The maximum absolute atomic E-state index is 11.9. The van der Waals surface area contributed by atoms with Crippen LogP contribution in [0.3, 0.4) is 0 Å². The molecule has 0 unspecified atom stereocenters. The molecule has 1 aliphatic rings. The number of ketones is 1. The van der Waals surface area contributed by atoms with Crippen LogP contribution in [0.5, 0.6) is 0 Å². The highest BCUT2D eigenvalue weighted by molar-refractivity contribution is 5.94. The highest BCUT2D eigenvalue weighted by Crippen LogP contribution is 2.46. The molecule has 1 fully saturated rings. The standard InChI is InChI=1S/C18H18N2O2/c1-12(21)13-5-7-14(8-6-13)16-10-15(16)11-20-18(22)17-4-2-3-9-19-17/h2-9,15-16H,10-11H2,1H3,(H,20,22)/t15-,16+/m0/s1. The number of amides is 1. The van der Waals surface area contributed by atoms with Crippen molar-refractivity contribution in [3.05, 3.63) is 65.5 Å². The van der Waals surface area contributed by atoms with Gasteiger partial charge in [0.25, 0.3) is 5.91 Å². The van der Waals surface area contributed by atoms with E-state index in [1.54, 1.807) is 31.3 Å². The Morgan fingerprint density at radius 2 is 1.95 bits per heavy atom. The van der Waals surface area contributed by atoms with Gasteiger partial charge in [0.2, 0.25) is 0 Å². The van der Waals surface area contributed by atoms with Crippen molar-refractivity contribution in [1.82, 2.24) is 10.3 Å². The number of pyridine rings is 1. The minimum Gasteiger partial charge on any atom is -0.350 e. The molecule has 4 nitrogen and oxygen atoms in total. The highest BCUT2D eigenvalue weighted by atomic mass is 16.1. The fourth-order valence-corrected chi connectivity index (χ4v) is 2.66. The van der Waals surface area contributed by atoms with Crippen LogP contribution in [0.1, 0.15) is 45.7 Å². The van der Waals surface area contributed by atoms with Gasteiger partial charge in [0.05, 0.1) is 0 Å². The van der Waals surface area contributed by atoms with Crippen LogP contribution in [0, 0.1) is 5.92 Å². The minimum absolute atomic E-state index is 0.0847. The van der Waals surface area contributed by atoms with Crippen LogP contribution in [0.4, 0.5) is 0 Å². The van der Waals surface area contributed by atoms with Gasteiger partial charge < -0.3 is 5.32 Å². The third kappa shape index (κ3) is 3.22. The van der Waals surface area contributed by atoms with E-state index in [1.165, 1.54) is 5.56 Å². The van der Waals surface area contributed by atoms with Crippen LogP contribution in [-0.2, 0) is 0 Å². The Labute approximate surface area is 129 Å². The van der Waals surface area contributed by atoms with Crippen LogP contribution >= 0.6 is 0 Å². The van der Waals surface area contributed by atoms with E-state index in [-0.39, 0.29) is 11.7 Å². The molecule has 1 heterocycles. The predicted molar refractivity (Wildman–Crippen MR) is 83.9 cm³/mol. The molecule has 1 N–H and O–H groups in total. The Morgan fingerprint density at radius 3 is 2.59 bits per heavy atom. The zero-order valence-corrected chi connectivity index (χ0v) is 12.5. The summed E-state index contributed by atoms with van der Waals surface area (Å²) in [4.78, 5) is 27.2. The molecular formula is C18H18N2O2. The summed E-state index contributed by atoms with van der Waals surface area (Å²) in [6, 6.07) is 13.1. The summed E-state index contributed by atoms with van der Waals surface area (Å²) in [6.45, 7) is 2.23. The summed E-state index contributed by atoms with van der Waals surface area (Å²) < 4.78 is 0. The summed E-state index contributed by atoms with van der Waals surface area (Å²) >= 11 is 0. The van der Waals surface area contributed by atoms with Gasteiger partial charge in [-0.05, 0) is 42.9 Å².